The van der Waals surface area contributed by atoms with Crippen LogP contribution in [-0.2, 0) is 0 Å². The van der Waals surface area contributed by atoms with Crippen LogP contribution in [0.15, 0.2) is 0 Å². The predicted molar refractivity (Wildman–Crippen MR) is 82.3 cm³/mol. The van der Waals surface area contributed by atoms with Gasteiger partial charge >= 0.3 is 6.01 Å². The van der Waals surface area contributed by atoms with Crippen LogP contribution < -0.4 is 20.9 Å². The Morgan fingerprint density at radius 3 is 2.86 bits per heavy atom. The van der Waals surface area contributed by atoms with Gasteiger partial charge in [-0.25, -0.2) is 5.84 Å². The summed E-state index contributed by atoms with van der Waals surface area (Å²) >= 11 is 0. The average molecular weight is 295 g/mol. The smallest absolute Gasteiger partial charge is 0.323 e. The molecule has 1 aliphatic heterocycles. The van der Waals surface area contributed by atoms with Crippen LogP contribution in [0.25, 0.3) is 0 Å². The summed E-state index contributed by atoms with van der Waals surface area (Å²) in [6.07, 6.45) is 2.47. The van der Waals surface area contributed by atoms with Gasteiger partial charge in [0.1, 0.15) is 0 Å². The van der Waals surface area contributed by atoms with Gasteiger partial charge in [0.25, 0.3) is 0 Å². The molecule has 1 fully saturated rings. The molecule has 1 aliphatic rings. The highest BCUT2D eigenvalue weighted by atomic mass is 16.5. The zero-order valence-corrected chi connectivity index (χ0v) is 13.0. The molecule has 21 heavy (non-hydrogen) atoms. The minimum absolute atomic E-state index is 0.293. The van der Waals surface area contributed by atoms with Crippen LogP contribution in [0.5, 0.6) is 6.01 Å². The number of nitrogens with one attached hydrogen (secondary N) is 1. The standard InChI is InChI=1S/C13H25N7O/c1-4-20-8-6-7-10(20)9-19(3)12-15-11(18-14)16-13(17-12)21-5-2/h10H,4-9,14H2,1-3H3,(H,15,16,17,18). The molecule has 0 aromatic carbocycles. The molecule has 0 bridgehead atoms. The number of hydrogen-bond acceptors (Lipinski definition) is 8. The summed E-state index contributed by atoms with van der Waals surface area (Å²) in [4.78, 5) is 17.2. The van der Waals surface area contributed by atoms with Crippen LogP contribution in [0.1, 0.15) is 26.7 Å². The van der Waals surface area contributed by atoms with Crippen LogP contribution in [0.4, 0.5) is 11.9 Å². The Hall–Kier alpha value is -1.67. The Bertz CT molecular complexity index is 456. The summed E-state index contributed by atoms with van der Waals surface area (Å²) in [5.74, 6) is 6.29. The minimum Gasteiger partial charge on any atom is -0.464 e. The number of nitrogens with two attached hydrogens (primary N) is 1. The van der Waals surface area contributed by atoms with Crippen molar-refractivity contribution in [3.05, 3.63) is 0 Å². The number of anilines is 2. The molecule has 3 N–H and O–H groups in total. The second-order valence-electron chi connectivity index (χ2n) is 5.12. The predicted octanol–water partition coefficient (Wildman–Crippen LogP) is 0.476. The molecule has 0 radical (unpaired) electrons. The van der Waals surface area contributed by atoms with E-state index < -0.39 is 0 Å². The van der Waals surface area contributed by atoms with E-state index in [-0.39, 0.29) is 0 Å². The van der Waals surface area contributed by atoms with E-state index in [1.165, 1.54) is 19.4 Å². The van der Waals surface area contributed by atoms with Crippen molar-refractivity contribution in [1.82, 2.24) is 19.9 Å². The number of likely N-dealkylation sites (tertiary alicyclic amines) is 1. The first-order valence-corrected chi connectivity index (χ1v) is 7.48. The fourth-order valence-electron chi connectivity index (χ4n) is 2.69. The SMILES string of the molecule is CCOc1nc(NN)nc(N(C)CC2CCCN2CC)n1. The summed E-state index contributed by atoms with van der Waals surface area (Å²) < 4.78 is 5.36. The zero-order valence-electron chi connectivity index (χ0n) is 13.0. The first-order chi connectivity index (χ1) is 10.2. The third-order valence-electron chi connectivity index (χ3n) is 3.74. The summed E-state index contributed by atoms with van der Waals surface area (Å²) in [5, 5.41) is 0. The second-order valence-corrected chi connectivity index (χ2v) is 5.12. The molecule has 0 saturated carbocycles. The quantitative estimate of drug-likeness (QED) is 0.554. The number of ether oxygens (including phenoxy) is 1. The van der Waals surface area contributed by atoms with Crippen molar-refractivity contribution in [2.75, 3.05) is 43.6 Å². The van der Waals surface area contributed by atoms with Gasteiger partial charge in [-0.2, -0.15) is 15.0 Å². The topological polar surface area (TPSA) is 92.4 Å². The number of hydrazine groups is 1. The molecule has 8 heteroatoms. The molecular formula is C13H25N7O. The van der Waals surface area contributed by atoms with Crippen molar-refractivity contribution in [3.63, 3.8) is 0 Å². The zero-order chi connectivity index (χ0) is 15.2. The molecule has 1 unspecified atom stereocenters. The lowest BCUT2D eigenvalue weighted by Gasteiger charge is -2.27. The molecule has 1 atom stereocenters. The van der Waals surface area contributed by atoms with Crippen molar-refractivity contribution in [1.29, 1.82) is 0 Å². The Morgan fingerprint density at radius 1 is 1.38 bits per heavy atom. The molecule has 0 amide bonds. The van der Waals surface area contributed by atoms with E-state index >= 15 is 0 Å². The summed E-state index contributed by atoms with van der Waals surface area (Å²) in [6, 6.07) is 0.836. The Labute approximate surface area is 125 Å². The normalized spacial score (nSPS) is 18.8. The number of nitrogen functional groups attached to an aromatic ring is 1. The van der Waals surface area contributed by atoms with Gasteiger partial charge in [-0.15, -0.1) is 0 Å². The lowest BCUT2D eigenvalue weighted by molar-refractivity contribution is 0.269. The second kappa shape index (κ2) is 7.37. The first-order valence-electron chi connectivity index (χ1n) is 7.48. The Kier molecular flexibility index (Phi) is 5.51. The monoisotopic (exact) mass is 295 g/mol. The van der Waals surface area contributed by atoms with Crippen molar-refractivity contribution < 1.29 is 4.74 Å². The molecule has 118 valence electrons. The van der Waals surface area contributed by atoms with Crippen molar-refractivity contribution >= 4 is 11.9 Å². The third kappa shape index (κ3) is 3.92. The number of likely N-dealkylation sites (N-methyl/N-ethyl adjacent to an activating group) is 2. The van der Waals surface area contributed by atoms with Crippen LogP contribution >= 0.6 is 0 Å². The van der Waals surface area contributed by atoms with Crippen LogP contribution in [0.3, 0.4) is 0 Å². The van der Waals surface area contributed by atoms with Gasteiger partial charge in [-0.1, -0.05) is 6.92 Å². The van der Waals surface area contributed by atoms with Crippen molar-refractivity contribution in [2.24, 2.45) is 5.84 Å². The number of nitrogens with zero attached hydrogens (tertiary/aromatic N) is 5. The van der Waals surface area contributed by atoms with Gasteiger partial charge in [-0.3, -0.25) is 10.3 Å². The maximum atomic E-state index is 5.41. The van der Waals surface area contributed by atoms with Gasteiger partial charge in [0.15, 0.2) is 0 Å². The van der Waals surface area contributed by atoms with E-state index in [1.807, 2.05) is 18.9 Å². The highest BCUT2D eigenvalue weighted by Gasteiger charge is 2.25. The molecular weight excluding hydrogens is 270 g/mol. The lowest BCUT2D eigenvalue weighted by atomic mass is 10.2. The van der Waals surface area contributed by atoms with Crippen molar-refractivity contribution in [3.8, 4) is 6.01 Å². The van der Waals surface area contributed by atoms with Crippen LogP contribution in [-0.4, -0.2) is 59.2 Å². The largest absolute Gasteiger partial charge is 0.464 e. The minimum atomic E-state index is 0.293. The third-order valence-corrected chi connectivity index (χ3v) is 3.74. The van der Waals surface area contributed by atoms with Crippen LogP contribution in [0.2, 0.25) is 0 Å². The number of rotatable bonds is 7. The number of aromatic nitrogens is 3. The molecule has 1 aromatic heterocycles. The van der Waals surface area contributed by atoms with Crippen LogP contribution in [0, 0.1) is 0 Å². The molecule has 1 aromatic rings. The van der Waals surface area contributed by atoms with E-state index in [0.29, 0.717) is 30.6 Å². The highest BCUT2D eigenvalue weighted by molar-refractivity contribution is 5.37. The first kappa shape index (κ1) is 15.7. The lowest BCUT2D eigenvalue weighted by Crippen LogP contribution is -2.39. The van der Waals surface area contributed by atoms with E-state index in [0.717, 1.165) is 13.1 Å². The molecule has 1 saturated heterocycles. The summed E-state index contributed by atoms with van der Waals surface area (Å²) in [7, 11) is 1.98. The highest BCUT2D eigenvalue weighted by Crippen LogP contribution is 2.20. The van der Waals surface area contributed by atoms with Gasteiger partial charge in [0.05, 0.1) is 6.61 Å². The Balaban J connectivity index is 2.10. The maximum Gasteiger partial charge on any atom is 0.323 e. The molecule has 0 aliphatic carbocycles. The van der Waals surface area contributed by atoms with Gasteiger partial charge in [0, 0.05) is 19.6 Å². The fraction of sp³-hybridized carbons (Fsp3) is 0.769. The summed E-state index contributed by atoms with van der Waals surface area (Å²) in [6.45, 7) is 7.73. The molecule has 0 spiro atoms. The Morgan fingerprint density at radius 2 is 2.19 bits per heavy atom. The average Bonchev–Trinajstić information content (AvgIpc) is 2.94. The van der Waals surface area contributed by atoms with E-state index in [4.69, 9.17) is 10.6 Å². The maximum absolute atomic E-state index is 5.41. The van der Waals surface area contributed by atoms with Gasteiger partial charge in [-0.05, 0) is 32.9 Å². The van der Waals surface area contributed by atoms with Gasteiger partial charge < -0.3 is 9.64 Å². The van der Waals surface area contributed by atoms with E-state index in [9.17, 15) is 0 Å². The summed E-state index contributed by atoms with van der Waals surface area (Å²) in [5.41, 5.74) is 2.46. The fourth-order valence-corrected chi connectivity index (χ4v) is 2.69. The van der Waals surface area contributed by atoms with Gasteiger partial charge in [0.2, 0.25) is 11.9 Å². The van der Waals surface area contributed by atoms with Crippen molar-refractivity contribution in [2.45, 2.75) is 32.7 Å². The van der Waals surface area contributed by atoms with E-state index in [2.05, 4.69) is 32.2 Å². The molecule has 2 heterocycles. The molecule has 2 rings (SSSR count). The van der Waals surface area contributed by atoms with E-state index in [1.54, 1.807) is 0 Å². The molecule has 8 nitrogen and oxygen atoms in total. The number of hydrogen-bond donors (Lipinski definition) is 2.